The number of halogens is 2. The molecular formula is C36H48Cl2N6O. The average molecular weight is 652 g/mol. The monoisotopic (exact) mass is 650 g/mol. The van der Waals surface area contributed by atoms with Gasteiger partial charge in [0.15, 0.2) is 0 Å². The van der Waals surface area contributed by atoms with Crippen LogP contribution >= 0.6 is 23.2 Å². The van der Waals surface area contributed by atoms with E-state index in [9.17, 15) is 4.79 Å². The lowest BCUT2D eigenvalue weighted by Gasteiger charge is -2.48. The highest BCUT2D eigenvalue weighted by Crippen LogP contribution is 2.47. The maximum atomic E-state index is 14.3. The second kappa shape index (κ2) is 15.4. The molecule has 2 aromatic carbocycles. The molecule has 1 atom stereocenters. The number of piperidine rings is 1. The Morgan fingerprint density at radius 3 is 2.09 bits per heavy atom. The molecule has 1 aromatic heterocycles. The molecule has 2 N–H and O–H groups in total. The van der Waals surface area contributed by atoms with Gasteiger partial charge in [-0.2, -0.15) is 5.10 Å². The van der Waals surface area contributed by atoms with Gasteiger partial charge in [0, 0.05) is 48.3 Å². The Balaban J connectivity index is 1.08. The highest BCUT2D eigenvalue weighted by Gasteiger charge is 2.44. The Hall–Kier alpha value is -2.45. The van der Waals surface area contributed by atoms with Crippen molar-refractivity contribution in [3.8, 4) is 0 Å². The molecule has 1 amide bonds. The Morgan fingerprint density at radius 2 is 1.47 bits per heavy atom. The smallest absolute Gasteiger partial charge is 0.240 e. The van der Waals surface area contributed by atoms with Gasteiger partial charge in [-0.3, -0.25) is 9.48 Å². The quantitative estimate of drug-likeness (QED) is 0.232. The molecule has 2 saturated carbocycles. The number of carbonyl (C=O) groups is 1. The van der Waals surface area contributed by atoms with Crippen LogP contribution in [-0.4, -0.2) is 56.8 Å². The van der Waals surface area contributed by atoms with Gasteiger partial charge in [-0.05, 0) is 105 Å². The molecule has 3 fully saturated rings. The number of likely N-dealkylation sites (tertiary alicyclic amines) is 1. The molecule has 0 unspecified atom stereocenters. The molecule has 0 bridgehead atoms. The van der Waals surface area contributed by atoms with Gasteiger partial charge < -0.3 is 15.5 Å². The van der Waals surface area contributed by atoms with Gasteiger partial charge in [0.25, 0.3) is 0 Å². The van der Waals surface area contributed by atoms with Crippen LogP contribution in [0, 0.1) is 11.3 Å². The zero-order chi connectivity index (χ0) is 31.1. The molecule has 2 aliphatic carbocycles. The Bertz CT molecular complexity index is 1330. The van der Waals surface area contributed by atoms with Gasteiger partial charge in [0.1, 0.15) is 12.7 Å². The summed E-state index contributed by atoms with van der Waals surface area (Å²) >= 11 is 12.3. The second-order valence-electron chi connectivity index (χ2n) is 13.7. The van der Waals surface area contributed by atoms with Gasteiger partial charge in [0.05, 0.1) is 6.04 Å². The largest absolute Gasteiger partial charge is 0.341 e. The van der Waals surface area contributed by atoms with E-state index in [1.807, 2.05) is 35.3 Å². The summed E-state index contributed by atoms with van der Waals surface area (Å²) in [6.07, 6.45) is 17.1. The molecule has 3 aromatic rings. The molecule has 6 rings (SSSR count). The first kappa shape index (κ1) is 32.5. The number of rotatable bonds is 11. The molecule has 1 saturated heterocycles. The Kier molecular flexibility index (Phi) is 11.1. The maximum Gasteiger partial charge on any atom is 0.240 e. The van der Waals surface area contributed by atoms with Crippen LogP contribution in [0.4, 0.5) is 0 Å². The minimum absolute atomic E-state index is 0.182. The van der Waals surface area contributed by atoms with E-state index < -0.39 is 0 Å². The summed E-state index contributed by atoms with van der Waals surface area (Å²) in [5.41, 5.74) is 2.58. The van der Waals surface area contributed by atoms with E-state index in [1.165, 1.54) is 37.7 Å². The zero-order valence-corrected chi connectivity index (χ0v) is 27.9. The minimum Gasteiger partial charge on any atom is -0.341 e. The number of nitrogens with zero attached hydrogens (tertiary/aromatic N) is 4. The molecule has 0 spiro atoms. The van der Waals surface area contributed by atoms with Crippen LogP contribution in [0.15, 0.2) is 61.2 Å². The zero-order valence-electron chi connectivity index (χ0n) is 26.3. The third kappa shape index (κ3) is 8.68. The molecule has 2 heterocycles. The van der Waals surface area contributed by atoms with Crippen LogP contribution < -0.4 is 10.6 Å². The lowest BCUT2D eigenvalue weighted by atomic mass is 9.63. The molecular weight excluding hydrogens is 603 g/mol. The summed E-state index contributed by atoms with van der Waals surface area (Å²) in [6.45, 7) is 3.38. The molecule has 9 heteroatoms. The van der Waals surface area contributed by atoms with Crippen molar-refractivity contribution in [2.45, 2.75) is 108 Å². The second-order valence-corrected chi connectivity index (χ2v) is 14.6. The van der Waals surface area contributed by atoms with E-state index >= 15 is 0 Å². The SMILES string of the molecule is O=C([C@@H](Cc1ccc(Cl)cc1)NC1CCC(NCc2ccc(Cl)cc2)CC1)N1CCC(Cn2cncn2)(C2CCCCC2)CC1. The highest BCUT2D eigenvalue weighted by atomic mass is 35.5. The first-order valence-corrected chi connectivity index (χ1v) is 17.8. The van der Waals surface area contributed by atoms with Crippen molar-refractivity contribution in [2.24, 2.45) is 11.3 Å². The number of amides is 1. The van der Waals surface area contributed by atoms with E-state index in [2.05, 4.69) is 49.9 Å². The van der Waals surface area contributed by atoms with Crippen molar-refractivity contribution >= 4 is 29.1 Å². The van der Waals surface area contributed by atoms with Crippen LogP contribution in [0.3, 0.4) is 0 Å². The average Bonchev–Trinajstić information content (AvgIpc) is 3.59. The maximum absolute atomic E-state index is 14.3. The van der Waals surface area contributed by atoms with Crippen molar-refractivity contribution in [3.63, 3.8) is 0 Å². The number of benzene rings is 2. The van der Waals surface area contributed by atoms with Crippen molar-refractivity contribution in [1.29, 1.82) is 0 Å². The van der Waals surface area contributed by atoms with E-state index in [1.54, 1.807) is 6.33 Å². The van der Waals surface area contributed by atoms with Gasteiger partial charge in [-0.25, -0.2) is 4.98 Å². The molecule has 242 valence electrons. The first-order chi connectivity index (χ1) is 22.0. The van der Waals surface area contributed by atoms with Crippen molar-refractivity contribution < 1.29 is 4.79 Å². The standard InChI is InChI=1S/C36H48Cl2N6O/c37-30-10-6-27(7-11-30)22-34(42-33-16-14-32(15-17-33)40-23-28-8-12-31(38)13-9-28)35(45)43-20-18-36(19-21-43,24-44-26-39-25-41-44)29-4-2-1-3-5-29/h6-13,25-26,29,32-34,40,42H,1-5,14-24H2/t32?,33?,34-/m1/s1. The van der Waals surface area contributed by atoms with Crippen molar-refractivity contribution in [1.82, 2.24) is 30.3 Å². The van der Waals surface area contributed by atoms with Crippen LogP contribution in [-0.2, 0) is 24.3 Å². The van der Waals surface area contributed by atoms with Crippen molar-refractivity contribution in [2.75, 3.05) is 13.1 Å². The highest BCUT2D eigenvalue weighted by molar-refractivity contribution is 6.30. The molecule has 3 aliphatic rings. The fourth-order valence-corrected chi connectivity index (χ4v) is 8.38. The summed E-state index contributed by atoms with van der Waals surface area (Å²) in [7, 11) is 0. The van der Waals surface area contributed by atoms with Crippen LogP contribution in [0.2, 0.25) is 10.0 Å². The Labute approximate surface area is 278 Å². The summed E-state index contributed by atoms with van der Waals surface area (Å²) in [6, 6.07) is 16.6. The predicted octanol–water partition coefficient (Wildman–Crippen LogP) is 7.08. The number of hydrogen-bond acceptors (Lipinski definition) is 5. The van der Waals surface area contributed by atoms with Crippen molar-refractivity contribution in [3.05, 3.63) is 82.4 Å². The van der Waals surface area contributed by atoms with Gasteiger partial charge >= 0.3 is 0 Å². The van der Waals surface area contributed by atoms with Gasteiger partial charge in [-0.1, -0.05) is 66.7 Å². The van der Waals surface area contributed by atoms with E-state index in [4.69, 9.17) is 23.2 Å². The normalized spacial score (nSPS) is 23.1. The molecule has 1 aliphatic heterocycles. The molecule has 0 radical (unpaired) electrons. The fourth-order valence-electron chi connectivity index (χ4n) is 8.13. The van der Waals surface area contributed by atoms with Crippen LogP contribution in [0.25, 0.3) is 0 Å². The summed E-state index contributed by atoms with van der Waals surface area (Å²) in [4.78, 5) is 20.7. The van der Waals surface area contributed by atoms with E-state index in [0.29, 0.717) is 24.4 Å². The first-order valence-electron chi connectivity index (χ1n) is 17.1. The van der Waals surface area contributed by atoms with E-state index in [0.717, 1.165) is 80.3 Å². The number of nitrogens with one attached hydrogen (secondary N) is 2. The van der Waals surface area contributed by atoms with E-state index in [-0.39, 0.29) is 17.4 Å². The summed E-state index contributed by atoms with van der Waals surface area (Å²) in [5.74, 6) is 0.935. The third-order valence-electron chi connectivity index (χ3n) is 10.8. The number of carbonyl (C=O) groups excluding carboxylic acids is 1. The number of hydrogen-bond donors (Lipinski definition) is 2. The van der Waals surface area contributed by atoms with Gasteiger partial charge in [-0.15, -0.1) is 0 Å². The summed E-state index contributed by atoms with van der Waals surface area (Å²) in [5, 5.41) is 13.6. The predicted molar refractivity (Wildman–Crippen MR) is 181 cm³/mol. The fraction of sp³-hybridized carbons (Fsp3) is 0.583. The summed E-state index contributed by atoms with van der Waals surface area (Å²) < 4.78 is 2.03. The topological polar surface area (TPSA) is 75.1 Å². The Morgan fingerprint density at radius 1 is 0.844 bits per heavy atom. The van der Waals surface area contributed by atoms with Crippen LogP contribution in [0.1, 0.15) is 81.8 Å². The number of aromatic nitrogens is 3. The lowest BCUT2D eigenvalue weighted by molar-refractivity contribution is -0.137. The molecule has 7 nitrogen and oxygen atoms in total. The van der Waals surface area contributed by atoms with Gasteiger partial charge in [0.2, 0.25) is 5.91 Å². The van der Waals surface area contributed by atoms with Crippen LogP contribution in [0.5, 0.6) is 0 Å². The third-order valence-corrected chi connectivity index (χ3v) is 11.3. The minimum atomic E-state index is -0.243. The lowest BCUT2D eigenvalue weighted by Crippen LogP contribution is -2.56. The molecule has 45 heavy (non-hydrogen) atoms.